The molecule has 0 fully saturated rings. The van der Waals surface area contributed by atoms with Crippen LogP contribution in [0.1, 0.15) is 27.7 Å². The predicted octanol–water partition coefficient (Wildman–Crippen LogP) is 2.34. The van der Waals surface area contributed by atoms with Gasteiger partial charge in [0.1, 0.15) is 5.60 Å². The maximum absolute atomic E-state index is 11.5. The summed E-state index contributed by atoms with van der Waals surface area (Å²) in [6.45, 7) is 8.49. The lowest BCUT2D eigenvalue weighted by Gasteiger charge is -2.19. The van der Waals surface area contributed by atoms with E-state index in [1.54, 1.807) is 6.20 Å². The third-order valence-electron chi connectivity index (χ3n) is 1.76. The maximum Gasteiger partial charge on any atom is 0.316 e. The Bertz CT molecular complexity index is 355. The average Bonchev–Trinajstić information content (AvgIpc) is 2.59. The van der Waals surface area contributed by atoms with Gasteiger partial charge in [0.25, 0.3) is 0 Å². The molecule has 0 atom stereocenters. The molecule has 90 valence electrons. The van der Waals surface area contributed by atoms with Crippen LogP contribution < -0.4 is 0 Å². The molecule has 16 heavy (non-hydrogen) atoms. The summed E-state index contributed by atoms with van der Waals surface area (Å²) < 4.78 is 7.21. The molecule has 0 aromatic carbocycles. The smallest absolute Gasteiger partial charge is 0.316 e. The van der Waals surface area contributed by atoms with E-state index in [2.05, 4.69) is 4.98 Å². The largest absolute Gasteiger partial charge is 0.459 e. The molecule has 0 aliphatic heterocycles. The van der Waals surface area contributed by atoms with Crippen molar-refractivity contribution in [1.82, 2.24) is 9.55 Å². The van der Waals surface area contributed by atoms with E-state index in [4.69, 9.17) is 4.74 Å². The number of hydrogen-bond acceptors (Lipinski definition) is 4. The highest BCUT2D eigenvalue weighted by Gasteiger charge is 2.16. The van der Waals surface area contributed by atoms with Gasteiger partial charge < -0.3 is 9.30 Å². The molecule has 0 aliphatic carbocycles. The lowest BCUT2D eigenvalue weighted by atomic mass is 10.2. The average molecular weight is 242 g/mol. The highest BCUT2D eigenvalue weighted by Crippen LogP contribution is 2.17. The van der Waals surface area contributed by atoms with E-state index in [0.29, 0.717) is 5.75 Å². The van der Waals surface area contributed by atoms with E-state index < -0.39 is 5.60 Å². The Hall–Kier alpha value is -0.970. The Morgan fingerprint density at radius 1 is 1.56 bits per heavy atom. The van der Waals surface area contributed by atoms with Crippen LogP contribution in [0.25, 0.3) is 0 Å². The first-order chi connectivity index (χ1) is 7.42. The van der Waals surface area contributed by atoms with E-state index in [1.165, 1.54) is 11.8 Å². The third-order valence-corrected chi connectivity index (χ3v) is 2.74. The lowest BCUT2D eigenvalue weighted by molar-refractivity contribution is -0.151. The SMILES string of the molecule is CCn1ccnc1SCC(=O)OC(C)(C)C. The van der Waals surface area contributed by atoms with Gasteiger partial charge in [0, 0.05) is 18.9 Å². The zero-order chi connectivity index (χ0) is 12.2. The number of aryl methyl sites for hydroxylation is 1. The molecule has 0 N–H and O–H groups in total. The van der Waals surface area contributed by atoms with Crippen LogP contribution in [0, 0.1) is 0 Å². The predicted molar refractivity (Wildman–Crippen MR) is 64.5 cm³/mol. The summed E-state index contributed by atoms with van der Waals surface area (Å²) in [5.41, 5.74) is -0.419. The summed E-state index contributed by atoms with van der Waals surface area (Å²) >= 11 is 1.40. The number of hydrogen-bond donors (Lipinski definition) is 0. The van der Waals surface area contributed by atoms with Gasteiger partial charge in [0.05, 0.1) is 5.75 Å². The monoisotopic (exact) mass is 242 g/mol. The molecular weight excluding hydrogens is 224 g/mol. The summed E-state index contributed by atoms with van der Waals surface area (Å²) in [6, 6.07) is 0. The molecule has 1 aromatic heterocycles. The van der Waals surface area contributed by atoms with Crippen LogP contribution in [0.2, 0.25) is 0 Å². The van der Waals surface area contributed by atoms with Gasteiger partial charge >= 0.3 is 5.97 Å². The fraction of sp³-hybridized carbons (Fsp3) is 0.636. The van der Waals surface area contributed by atoms with Crippen LogP contribution in [0.3, 0.4) is 0 Å². The highest BCUT2D eigenvalue weighted by molar-refractivity contribution is 7.99. The fourth-order valence-corrected chi connectivity index (χ4v) is 1.97. The zero-order valence-corrected chi connectivity index (χ0v) is 11.0. The van der Waals surface area contributed by atoms with Crippen molar-refractivity contribution in [3.8, 4) is 0 Å². The molecule has 1 rings (SSSR count). The van der Waals surface area contributed by atoms with Crippen molar-refractivity contribution >= 4 is 17.7 Å². The first kappa shape index (κ1) is 13.1. The number of rotatable bonds is 4. The van der Waals surface area contributed by atoms with Crippen LogP contribution >= 0.6 is 11.8 Å². The number of nitrogens with zero attached hydrogens (tertiary/aromatic N) is 2. The molecule has 0 saturated carbocycles. The first-order valence-electron chi connectivity index (χ1n) is 5.28. The van der Waals surface area contributed by atoms with E-state index in [9.17, 15) is 4.79 Å². The second-order valence-corrected chi connectivity index (χ2v) is 5.31. The quantitative estimate of drug-likeness (QED) is 0.600. The summed E-state index contributed by atoms with van der Waals surface area (Å²) in [6.07, 6.45) is 3.64. The van der Waals surface area contributed by atoms with Crippen LogP contribution in [0.4, 0.5) is 0 Å². The number of carbonyl (C=O) groups is 1. The zero-order valence-electron chi connectivity index (χ0n) is 10.2. The van der Waals surface area contributed by atoms with E-state index in [1.807, 2.05) is 38.5 Å². The lowest BCUT2D eigenvalue weighted by Crippen LogP contribution is -2.25. The van der Waals surface area contributed by atoms with E-state index in [0.717, 1.165) is 11.7 Å². The molecule has 0 radical (unpaired) electrons. The minimum Gasteiger partial charge on any atom is -0.459 e. The van der Waals surface area contributed by atoms with Gasteiger partial charge in [-0.25, -0.2) is 4.98 Å². The van der Waals surface area contributed by atoms with E-state index in [-0.39, 0.29) is 5.97 Å². The van der Waals surface area contributed by atoms with Crippen LogP contribution in [0.15, 0.2) is 17.6 Å². The normalized spacial score (nSPS) is 11.5. The van der Waals surface area contributed by atoms with Gasteiger partial charge in [0.2, 0.25) is 0 Å². The van der Waals surface area contributed by atoms with Crippen molar-refractivity contribution in [1.29, 1.82) is 0 Å². The topological polar surface area (TPSA) is 44.1 Å². The maximum atomic E-state index is 11.5. The van der Waals surface area contributed by atoms with Crippen molar-refractivity contribution in [2.24, 2.45) is 0 Å². The molecular formula is C11H18N2O2S. The second kappa shape index (κ2) is 5.39. The Kier molecular flexibility index (Phi) is 4.41. The van der Waals surface area contributed by atoms with Crippen molar-refractivity contribution in [2.75, 3.05) is 5.75 Å². The van der Waals surface area contributed by atoms with Crippen LogP contribution in [-0.4, -0.2) is 26.9 Å². The second-order valence-electron chi connectivity index (χ2n) is 4.37. The molecule has 0 amide bonds. The van der Waals surface area contributed by atoms with Gasteiger partial charge in [-0.15, -0.1) is 0 Å². The third kappa shape index (κ3) is 4.26. The standard InChI is InChI=1S/C11H18N2O2S/c1-5-13-7-6-12-10(13)16-8-9(14)15-11(2,3)4/h6-7H,5,8H2,1-4H3. The number of imidazole rings is 1. The van der Waals surface area contributed by atoms with E-state index >= 15 is 0 Å². The number of esters is 1. The number of ether oxygens (including phenoxy) is 1. The molecule has 0 bridgehead atoms. The van der Waals surface area contributed by atoms with Crippen molar-refractivity contribution in [3.63, 3.8) is 0 Å². The molecule has 5 heteroatoms. The molecule has 0 unspecified atom stereocenters. The van der Waals surface area contributed by atoms with Gasteiger partial charge in [-0.2, -0.15) is 0 Å². The van der Waals surface area contributed by atoms with Crippen molar-refractivity contribution < 1.29 is 9.53 Å². The van der Waals surface area contributed by atoms with Crippen molar-refractivity contribution in [2.45, 2.75) is 45.0 Å². The summed E-state index contributed by atoms with van der Waals surface area (Å²) in [4.78, 5) is 15.6. The van der Waals surface area contributed by atoms with Gasteiger partial charge in [0.15, 0.2) is 5.16 Å². The van der Waals surface area contributed by atoms with Crippen LogP contribution in [-0.2, 0) is 16.1 Å². The molecule has 0 saturated heterocycles. The molecule has 0 spiro atoms. The molecule has 0 aliphatic rings. The van der Waals surface area contributed by atoms with Gasteiger partial charge in [-0.1, -0.05) is 11.8 Å². The number of carbonyl (C=O) groups excluding carboxylic acids is 1. The number of aromatic nitrogens is 2. The fourth-order valence-electron chi connectivity index (χ4n) is 1.17. The summed E-state index contributed by atoms with van der Waals surface area (Å²) in [5.74, 6) is 0.0945. The van der Waals surface area contributed by atoms with Gasteiger partial charge in [-0.3, -0.25) is 4.79 Å². The van der Waals surface area contributed by atoms with Crippen LogP contribution in [0.5, 0.6) is 0 Å². The summed E-state index contributed by atoms with van der Waals surface area (Å²) in [7, 11) is 0. The van der Waals surface area contributed by atoms with Gasteiger partial charge in [-0.05, 0) is 27.7 Å². The Morgan fingerprint density at radius 3 is 2.81 bits per heavy atom. The molecule has 1 heterocycles. The molecule has 1 aromatic rings. The van der Waals surface area contributed by atoms with Crippen molar-refractivity contribution in [3.05, 3.63) is 12.4 Å². The minimum atomic E-state index is -0.419. The Balaban J connectivity index is 2.43. The first-order valence-corrected chi connectivity index (χ1v) is 6.26. The Morgan fingerprint density at radius 2 is 2.25 bits per heavy atom. The Labute approximate surface area is 100 Å². The molecule has 4 nitrogen and oxygen atoms in total. The number of thioether (sulfide) groups is 1. The highest BCUT2D eigenvalue weighted by atomic mass is 32.2. The minimum absolute atomic E-state index is 0.205. The summed E-state index contributed by atoms with van der Waals surface area (Å²) in [5, 5.41) is 0.855.